The number of tetrazole rings is 1. The largest absolute Gasteiger partial charge is 0.476 e. The lowest BCUT2D eigenvalue weighted by Crippen LogP contribution is -2.21. The maximum absolute atomic E-state index is 10.8. The zero-order chi connectivity index (χ0) is 12.0. The van der Waals surface area contributed by atoms with Crippen LogP contribution in [0.4, 0.5) is 0 Å². The van der Waals surface area contributed by atoms with Crippen molar-refractivity contribution in [3.8, 4) is 0 Å². The second-order valence-electron chi connectivity index (χ2n) is 2.50. The molecule has 1 aromatic rings. The molecule has 0 saturated heterocycles. The van der Waals surface area contributed by atoms with Gasteiger partial charge in [0, 0.05) is 0 Å². The van der Waals surface area contributed by atoms with Gasteiger partial charge < -0.3 is 5.11 Å². The summed E-state index contributed by atoms with van der Waals surface area (Å²) in [6.07, 6.45) is 2.63. The van der Waals surface area contributed by atoms with Crippen molar-refractivity contribution in [1.82, 2.24) is 25.7 Å². The van der Waals surface area contributed by atoms with E-state index in [0.717, 1.165) is 10.9 Å². The Morgan fingerprint density at radius 1 is 1.81 bits per heavy atom. The van der Waals surface area contributed by atoms with E-state index in [-0.39, 0.29) is 17.1 Å². The summed E-state index contributed by atoms with van der Waals surface area (Å²) in [5.41, 5.74) is 2.01. The van der Waals surface area contributed by atoms with Gasteiger partial charge in [-0.05, 0) is 12.2 Å². The first-order valence-corrected chi connectivity index (χ1v) is 4.49. The number of hydrogen-bond acceptors (Lipinski definition) is 6. The van der Waals surface area contributed by atoms with Gasteiger partial charge in [-0.3, -0.25) is 10.3 Å². The Bertz CT molecular complexity index is 463. The first-order valence-electron chi connectivity index (χ1n) is 4.08. The molecule has 16 heavy (non-hydrogen) atoms. The van der Waals surface area contributed by atoms with Crippen molar-refractivity contribution in [3.05, 3.63) is 23.1 Å². The van der Waals surface area contributed by atoms with Gasteiger partial charge in [0.15, 0.2) is 5.70 Å². The Labute approximate surface area is 95.2 Å². The van der Waals surface area contributed by atoms with E-state index < -0.39 is 5.97 Å². The van der Waals surface area contributed by atoms with Crippen molar-refractivity contribution in [2.24, 2.45) is 0 Å². The molecule has 1 rings (SSSR count). The summed E-state index contributed by atoms with van der Waals surface area (Å²) in [4.78, 5) is 15.6. The maximum atomic E-state index is 10.8. The minimum Gasteiger partial charge on any atom is -0.476 e. The highest BCUT2D eigenvalue weighted by Crippen LogP contribution is 1.94. The van der Waals surface area contributed by atoms with Gasteiger partial charge in [-0.15, -0.1) is 6.58 Å². The van der Waals surface area contributed by atoms with Crippen LogP contribution in [0.25, 0.3) is 6.20 Å². The maximum Gasteiger partial charge on any atom is 0.355 e. The number of aromatic amines is 1. The third-order valence-electron chi connectivity index (χ3n) is 1.37. The summed E-state index contributed by atoms with van der Waals surface area (Å²) in [6.45, 7) is 3.58. The minimum atomic E-state index is -1.21. The van der Waals surface area contributed by atoms with E-state index in [0.29, 0.717) is 0 Å². The van der Waals surface area contributed by atoms with Crippen LogP contribution in [0.5, 0.6) is 0 Å². The summed E-state index contributed by atoms with van der Waals surface area (Å²) >= 11 is 4.76. The zero-order valence-electron chi connectivity index (χ0n) is 8.08. The third-order valence-corrected chi connectivity index (χ3v) is 1.64. The van der Waals surface area contributed by atoms with Crippen LogP contribution in [-0.2, 0) is 9.63 Å². The number of aromatic nitrogens is 4. The fourth-order valence-corrected chi connectivity index (χ4v) is 0.855. The average molecular weight is 243 g/mol. The van der Waals surface area contributed by atoms with E-state index in [1.807, 2.05) is 0 Å². The molecule has 0 bridgehead atoms. The van der Waals surface area contributed by atoms with Crippen molar-refractivity contribution in [3.63, 3.8) is 0 Å². The highest BCUT2D eigenvalue weighted by Gasteiger charge is 2.07. The predicted molar refractivity (Wildman–Crippen MR) is 56.4 cm³/mol. The molecule has 0 radical (unpaired) electrons. The minimum absolute atomic E-state index is 0.101. The van der Waals surface area contributed by atoms with Crippen LogP contribution in [0, 0.1) is 4.77 Å². The number of carboxylic acid groups (broad SMARTS) is 1. The number of nitrogens with one attached hydrogen (secondary N) is 2. The molecule has 0 saturated carbocycles. The fourth-order valence-electron chi connectivity index (χ4n) is 0.721. The first-order chi connectivity index (χ1) is 7.65. The molecule has 9 heteroatoms. The number of hydroxylamine groups is 1. The molecule has 8 nitrogen and oxygen atoms in total. The van der Waals surface area contributed by atoms with Gasteiger partial charge >= 0.3 is 5.97 Å². The van der Waals surface area contributed by atoms with Crippen LogP contribution in [-0.4, -0.2) is 37.9 Å². The topological polar surface area (TPSA) is 105 Å². The Balaban J connectivity index is 2.81. The van der Waals surface area contributed by atoms with Crippen molar-refractivity contribution in [2.45, 2.75) is 0 Å². The molecule has 0 aliphatic rings. The quantitative estimate of drug-likeness (QED) is 0.211. The molecule has 0 amide bonds. The van der Waals surface area contributed by atoms with Crippen molar-refractivity contribution < 1.29 is 14.7 Å². The number of nitrogens with zero attached hydrogens (tertiary/aromatic N) is 3. The third kappa shape index (κ3) is 3.29. The van der Waals surface area contributed by atoms with Crippen LogP contribution in [0.1, 0.15) is 0 Å². The van der Waals surface area contributed by atoms with Gasteiger partial charge in [-0.2, -0.15) is 5.21 Å². The highest BCUT2D eigenvalue weighted by molar-refractivity contribution is 7.71. The summed E-state index contributed by atoms with van der Waals surface area (Å²) in [5.74, 6) is -1.21. The molecule has 0 aromatic carbocycles. The smallest absolute Gasteiger partial charge is 0.355 e. The molecule has 0 spiro atoms. The van der Waals surface area contributed by atoms with Gasteiger partial charge in [-0.1, -0.05) is 16.4 Å². The molecule has 1 aromatic heterocycles. The van der Waals surface area contributed by atoms with Crippen molar-refractivity contribution in [1.29, 1.82) is 0 Å². The molecule has 0 aliphatic heterocycles. The van der Waals surface area contributed by atoms with Crippen LogP contribution < -0.4 is 5.48 Å². The average Bonchev–Trinajstić information content (AvgIpc) is 2.63. The number of hydrogen-bond donors (Lipinski definition) is 3. The van der Waals surface area contributed by atoms with Crippen LogP contribution in [0.3, 0.4) is 0 Å². The molecule has 0 unspecified atom stereocenters. The standard InChI is InChI=1S/C7H9N5O3S/c1-2-3-15-9-5(6(13)14)4-12-7(16)8-10-11-12/h2,4,9H,1,3H2,(H,13,14)(H,8,11,16). The molecule has 3 N–H and O–H groups in total. The fraction of sp³-hybridized carbons (Fsp3) is 0.143. The Morgan fingerprint density at radius 3 is 3.06 bits per heavy atom. The van der Waals surface area contributed by atoms with E-state index in [1.54, 1.807) is 0 Å². The lowest BCUT2D eigenvalue weighted by molar-refractivity contribution is -0.134. The highest BCUT2D eigenvalue weighted by atomic mass is 32.1. The number of aliphatic carboxylic acids is 1. The van der Waals surface area contributed by atoms with E-state index in [4.69, 9.17) is 22.2 Å². The molecule has 0 aliphatic carbocycles. The first kappa shape index (κ1) is 12.1. The summed E-state index contributed by atoms with van der Waals surface area (Å²) in [6, 6.07) is 0. The van der Waals surface area contributed by atoms with Gasteiger partial charge in [0.2, 0.25) is 4.77 Å². The zero-order valence-corrected chi connectivity index (χ0v) is 8.90. The molecule has 1 heterocycles. The lowest BCUT2D eigenvalue weighted by Gasteiger charge is -2.04. The van der Waals surface area contributed by atoms with E-state index in [2.05, 4.69) is 27.6 Å². The molecule has 0 fully saturated rings. The second kappa shape index (κ2) is 5.78. The van der Waals surface area contributed by atoms with Crippen molar-refractivity contribution in [2.75, 3.05) is 6.61 Å². The Morgan fingerprint density at radius 2 is 2.56 bits per heavy atom. The van der Waals surface area contributed by atoms with E-state index in [9.17, 15) is 4.79 Å². The number of rotatable bonds is 6. The summed E-state index contributed by atoms with van der Waals surface area (Å²) in [7, 11) is 0. The van der Waals surface area contributed by atoms with Gasteiger partial charge in [0.1, 0.15) is 0 Å². The van der Waals surface area contributed by atoms with Gasteiger partial charge in [0.25, 0.3) is 0 Å². The number of H-pyrrole nitrogens is 1. The normalized spacial score (nSPS) is 11.1. The molecular weight excluding hydrogens is 234 g/mol. The van der Waals surface area contributed by atoms with Crippen LogP contribution in [0.2, 0.25) is 0 Å². The van der Waals surface area contributed by atoms with Crippen molar-refractivity contribution >= 4 is 24.4 Å². The van der Waals surface area contributed by atoms with Gasteiger partial charge in [-0.25, -0.2) is 9.48 Å². The lowest BCUT2D eigenvalue weighted by atomic mass is 10.5. The summed E-state index contributed by atoms with van der Waals surface area (Å²) < 4.78 is 1.26. The second-order valence-corrected chi connectivity index (χ2v) is 2.87. The summed E-state index contributed by atoms with van der Waals surface area (Å²) in [5, 5.41) is 18.1. The monoisotopic (exact) mass is 243 g/mol. The molecular formula is C7H9N5O3S. The number of carbonyl (C=O) groups is 1. The van der Waals surface area contributed by atoms with Gasteiger partial charge in [0.05, 0.1) is 12.8 Å². The Kier molecular flexibility index (Phi) is 4.36. The molecule has 86 valence electrons. The number of carboxylic acids is 1. The molecule has 0 atom stereocenters. The predicted octanol–water partition coefficient (Wildman–Crippen LogP) is -0.0741. The van der Waals surface area contributed by atoms with Crippen LogP contribution >= 0.6 is 12.2 Å². The SMILES string of the molecule is C=CCONC(=Cn1[nH]nnc1=S)C(=O)O. The van der Waals surface area contributed by atoms with E-state index >= 15 is 0 Å². The van der Waals surface area contributed by atoms with E-state index in [1.165, 1.54) is 6.08 Å². The Hall–Kier alpha value is -2.00. The van der Waals surface area contributed by atoms with Crippen LogP contribution in [0.15, 0.2) is 18.4 Å².